The molecule has 6 heteroatoms. The van der Waals surface area contributed by atoms with Crippen LogP contribution in [0.5, 0.6) is 0 Å². The molecule has 2 heterocycles. The van der Waals surface area contributed by atoms with Crippen molar-refractivity contribution in [3.05, 3.63) is 11.8 Å². The monoisotopic (exact) mass is 302 g/mol. The summed E-state index contributed by atoms with van der Waals surface area (Å²) in [6, 6.07) is 4.18. The topological polar surface area (TPSA) is 83.1 Å². The van der Waals surface area contributed by atoms with Crippen LogP contribution in [0.15, 0.2) is 11.8 Å². The number of Topliss-reactive ketones (excluding diaryl/α,β-unsaturated/α-hetero) is 1. The standard InChI is InChI=1S/C15H18N2O3Si/c1-21(2,3)20-12-5-11-4-10-6-14(8-16,9-17)7-15(10,19-11)13(12)18/h5,10-11H,4,6-7H2,1-3H3/t10-,11+,15-/m1/s1. The number of rotatable bonds is 2. The first-order valence-electron chi connectivity index (χ1n) is 7.20. The molecule has 2 aliphatic heterocycles. The lowest BCUT2D eigenvalue weighted by Crippen LogP contribution is -2.46. The van der Waals surface area contributed by atoms with Crippen molar-refractivity contribution in [2.24, 2.45) is 11.3 Å². The van der Waals surface area contributed by atoms with Gasteiger partial charge in [-0.2, -0.15) is 10.5 Å². The van der Waals surface area contributed by atoms with E-state index in [0.717, 1.165) is 0 Å². The molecule has 0 N–H and O–H groups in total. The van der Waals surface area contributed by atoms with Gasteiger partial charge in [-0.05, 0) is 38.6 Å². The highest BCUT2D eigenvalue weighted by Crippen LogP contribution is 2.58. The summed E-state index contributed by atoms with van der Waals surface area (Å²) in [5.74, 6) is 0.156. The second kappa shape index (κ2) is 4.19. The number of ether oxygens (including phenoxy) is 1. The van der Waals surface area contributed by atoms with Crippen LogP contribution in [-0.2, 0) is 14.0 Å². The molecule has 0 radical (unpaired) electrons. The molecule has 1 spiro atoms. The lowest BCUT2D eigenvalue weighted by atomic mass is 9.85. The molecule has 1 saturated carbocycles. The first-order chi connectivity index (χ1) is 9.73. The predicted octanol–water partition coefficient (Wildman–Crippen LogP) is 2.28. The molecular weight excluding hydrogens is 284 g/mol. The van der Waals surface area contributed by atoms with Gasteiger partial charge in [0.1, 0.15) is 16.8 Å². The Morgan fingerprint density at radius 3 is 2.62 bits per heavy atom. The van der Waals surface area contributed by atoms with E-state index in [1.54, 1.807) is 6.08 Å². The highest BCUT2D eigenvalue weighted by Gasteiger charge is 2.66. The quantitative estimate of drug-likeness (QED) is 0.731. The highest BCUT2D eigenvalue weighted by molar-refractivity contribution is 6.70. The first-order valence-corrected chi connectivity index (χ1v) is 10.6. The Bertz CT molecular complexity index is 608. The summed E-state index contributed by atoms with van der Waals surface area (Å²) < 4.78 is 11.8. The predicted molar refractivity (Wildman–Crippen MR) is 76.1 cm³/mol. The van der Waals surface area contributed by atoms with Crippen molar-refractivity contribution in [2.45, 2.75) is 50.6 Å². The van der Waals surface area contributed by atoms with E-state index < -0.39 is 19.3 Å². The Hall–Kier alpha value is -1.63. The van der Waals surface area contributed by atoms with E-state index in [2.05, 4.69) is 12.1 Å². The average molecular weight is 302 g/mol. The summed E-state index contributed by atoms with van der Waals surface area (Å²) in [5.41, 5.74) is -2.12. The van der Waals surface area contributed by atoms with Gasteiger partial charge in [-0.15, -0.1) is 0 Å². The van der Waals surface area contributed by atoms with Crippen LogP contribution in [0.1, 0.15) is 19.3 Å². The van der Waals surface area contributed by atoms with Crippen molar-refractivity contribution < 1.29 is 14.0 Å². The molecule has 5 nitrogen and oxygen atoms in total. The van der Waals surface area contributed by atoms with Crippen molar-refractivity contribution in [1.82, 2.24) is 0 Å². The lowest BCUT2D eigenvalue weighted by molar-refractivity contribution is -0.145. The van der Waals surface area contributed by atoms with Gasteiger partial charge in [0, 0.05) is 12.3 Å². The Kier molecular flexibility index (Phi) is 2.85. The van der Waals surface area contributed by atoms with Crippen LogP contribution in [0.2, 0.25) is 19.6 Å². The zero-order valence-electron chi connectivity index (χ0n) is 12.5. The van der Waals surface area contributed by atoms with Crippen LogP contribution in [0, 0.1) is 34.0 Å². The van der Waals surface area contributed by atoms with Crippen LogP contribution >= 0.6 is 0 Å². The minimum absolute atomic E-state index is 0.0618. The third kappa shape index (κ3) is 2.02. The van der Waals surface area contributed by atoms with E-state index in [1.807, 2.05) is 19.6 Å². The molecule has 3 atom stereocenters. The van der Waals surface area contributed by atoms with Gasteiger partial charge in [0.25, 0.3) is 0 Å². The number of ketones is 1. The Labute approximate surface area is 125 Å². The number of nitriles is 2. The van der Waals surface area contributed by atoms with E-state index in [0.29, 0.717) is 18.6 Å². The Morgan fingerprint density at radius 1 is 1.38 bits per heavy atom. The van der Waals surface area contributed by atoms with Gasteiger partial charge in [0.15, 0.2) is 0 Å². The van der Waals surface area contributed by atoms with E-state index in [9.17, 15) is 15.3 Å². The Morgan fingerprint density at radius 2 is 2.05 bits per heavy atom. The number of fused-ring (bicyclic) bond motifs is 1. The van der Waals surface area contributed by atoms with Gasteiger partial charge in [-0.25, -0.2) is 0 Å². The van der Waals surface area contributed by atoms with E-state index in [-0.39, 0.29) is 24.2 Å². The molecule has 1 saturated heterocycles. The van der Waals surface area contributed by atoms with Crippen molar-refractivity contribution in [3.63, 3.8) is 0 Å². The molecular formula is C15H18N2O3Si. The maximum atomic E-state index is 12.9. The van der Waals surface area contributed by atoms with Crippen LogP contribution in [0.25, 0.3) is 0 Å². The molecule has 2 bridgehead atoms. The minimum atomic E-state index is -1.89. The molecule has 0 aromatic rings. The zero-order valence-corrected chi connectivity index (χ0v) is 13.5. The first kappa shape index (κ1) is 14.3. The second-order valence-corrected chi connectivity index (χ2v) is 11.7. The normalized spacial score (nSPS) is 36.4. The molecule has 21 heavy (non-hydrogen) atoms. The van der Waals surface area contributed by atoms with E-state index >= 15 is 0 Å². The SMILES string of the molecule is C[Si](C)(C)OC1=C[C@@H]2C[C@@H]3CC(C#N)(C#N)C[C@]3(O2)C1=O. The van der Waals surface area contributed by atoms with Gasteiger partial charge < -0.3 is 9.16 Å². The smallest absolute Gasteiger partial charge is 0.242 e. The fourth-order valence-electron chi connectivity index (χ4n) is 3.74. The van der Waals surface area contributed by atoms with Crippen molar-refractivity contribution in [2.75, 3.05) is 0 Å². The molecule has 0 aromatic heterocycles. The molecule has 3 aliphatic rings. The highest BCUT2D eigenvalue weighted by atomic mass is 28.4. The molecule has 1 aliphatic carbocycles. The summed E-state index contributed by atoms with van der Waals surface area (Å²) in [7, 11) is -1.89. The maximum Gasteiger partial charge on any atom is 0.242 e. The van der Waals surface area contributed by atoms with E-state index in [1.165, 1.54) is 0 Å². The minimum Gasteiger partial charge on any atom is -0.542 e. The Balaban J connectivity index is 1.96. The molecule has 0 aromatic carbocycles. The van der Waals surface area contributed by atoms with Gasteiger partial charge in [0.05, 0.1) is 18.2 Å². The van der Waals surface area contributed by atoms with Gasteiger partial charge in [-0.1, -0.05) is 0 Å². The van der Waals surface area contributed by atoms with Gasteiger partial charge >= 0.3 is 0 Å². The fourth-order valence-corrected chi connectivity index (χ4v) is 4.56. The second-order valence-electron chi connectivity index (χ2n) is 7.24. The summed E-state index contributed by atoms with van der Waals surface area (Å²) in [5, 5.41) is 18.7. The number of hydrogen-bond acceptors (Lipinski definition) is 5. The van der Waals surface area contributed by atoms with Gasteiger partial charge in [-0.3, -0.25) is 4.79 Å². The van der Waals surface area contributed by atoms with Crippen molar-refractivity contribution in [1.29, 1.82) is 10.5 Å². The van der Waals surface area contributed by atoms with Gasteiger partial charge in [0.2, 0.25) is 14.1 Å². The van der Waals surface area contributed by atoms with Crippen LogP contribution in [-0.4, -0.2) is 25.8 Å². The molecule has 2 fully saturated rings. The molecule has 110 valence electrons. The van der Waals surface area contributed by atoms with Crippen LogP contribution in [0.3, 0.4) is 0 Å². The average Bonchev–Trinajstić information content (AvgIpc) is 2.83. The number of hydrogen-bond donors (Lipinski definition) is 0. The zero-order chi connectivity index (χ0) is 15.5. The summed E-state index contributed by atoms with van der Waals surface area (Å²) in [4.78, 5) is 12.9. The largest absolute Gasteiger partial charge is 0.542 e. The summed E-state index contributed by atoms with van der Waals surface area (Å²) in [6.07, 6.45) is 2.92. The lowest BCUT2D eigenvalue weighted by Gasteiger charge is -2.34. The van der Waals surface area contributed by atoms with Crippen LogP contribution in [0.4, 0.5) is 0 Å². The third-order valence-corrected chi connectivity index (χ3v) is 5.32. The third-order valence-electron chi connectivity index (χ3n) is 4.49. The van der Waals surface area contributed by atoms with E-state index in [4.69, 9.17) is 9.16 Å². The number of carbonyl (C=O) groups is 1. The number of nitrogens with zero attached hydrogens (tertiary/aromatic N) is 2. The maximum absolute atomic E-state index is 12.9. The van der Waals surface area contributed by atoms with Crippen molar-refractivity contribution in [3.8, 4) is 12.1 Å². The summed E-state index contributed by atoms with van der Waals surface area (Å²) >= 11 is 0. The summed E-state index contributed by atoms with van der Waals surface area (Å²) in [6.45, 7) is 6.07. The fraction of sp³-hybridized carbons (Fsp3) is 0.667. The molecule has 0 amide bonds. The molecule has 3 rings (SSSR count). The van der Waals surface area contributed by atoms with Crippen molar-refractivity contribution >= 4 is 14.1 Å². The number of carbonyl (C=O) groups excluding carboxylic acids is 1. The van der Waals surface area contributed by atoms with Crippen LogP contribution < -0.4 is 0 Å². The molecule has 0 unspecified atom stereocenters.